The normalized spacial score (nSPS) is 19.9. The maximum atomic E-state index is 11.8. The number of halogens is 1. The number of nitrogens with zero attached hydrogens (tertiary/aromatic N) is 1. The number of nitrogens with one attached hydrogen (secondary N) is 1. The lowest BCUT2D eigenvalue weighted by molar-refractivity contribution is 0.0949. The van der Waals surface area contributed by atoms with Crippen LogP contribution >= 0.6 is 35.1 Å². The van der Waals surface area contributed by atoms with Crippen LogP contribution in [0.4, 0.5) is 0 Å². The van der Waals surface area contributed by atoms with Gasteiger partial charge in [-0.2, -0.15) is 23.5 Å². The van der Waals surface area contributed by atoms with E-state index in [-0.39, 0.29) is 5.91 Å². The van der Waals surface area contributed by atoms with E-state index in [9.17, 15) is 4.79 Å². The summed E-state index contributed by atoms with van der Waals surface area (Å²) in [6.45, 7) is 0.699. The van der Waals surface area contributed by atoms with Gasteiger partial charge in [0, 0.05) is 40.3 Å². The molecule has 1 amide bonds. The first-order chi connectivity index (χ1) is 8.25. The average Bonchev–Trinajstić information content (AvgIpc) is 2.37. The number of carbonyl (C=O) groups excluding carboxylic acids is 1. The zero-order chi connectivity index (χ0) is 12.1. The first-order valence-electron chi connectivity index (χ1n) is 5.35. The van der Waals surface area contributed by atoms with E-state index in [1.54, 1.807) is 18.3 Å². The molecule has 92 valence electrons. The van der Waals surface area contributed by atoms with Crippen LogP contribution in [-0.2, 0) is 0 Å². The summed E-state index contributed by atoms with van der Waals surface area (Å²) in [6.07, 6.45) is 1.54. The van der Waals surface area contributed by atoms with Gasteiger partial charge in [0.2, 0.25) is 0 Å². The summed E-state index contributed by atoms with van der Waals surface area (Å²) in [5.41, 5.74) is 0.381. The van der Waals surface area contributed by atoms with Crippen molar-refractivity contribution < 1.29 is 4.79 Å². The smallest absolute Gasteiger partial charge is 0.269 e. The summed E-state index contributed by atoms with van der Waals surface area (Å²) in [4.78, 5) is 15.8. The van der Waals surface area contributed by atoms with Gasteiger partial charge in [-0.25, -0.2) is 0 Å². The molecule has 2 rings (SSSR count). The van der Waals surface area contributed by atoms with Gasteiger partial charge in [0.25, 0.3) is 5.91 Å². The molecule has 6 heteroatoms. The lowest BCUT2D eigenvalue weighted by atomic mass is 10.3. The van der Waals surface area contributed by atoms with E-state index in [1.165, 1.54) is 11.5 Å². The topological polar surface area (TPSA) is 42.0 Å². The predicted molar refractivity (Wildman–Crippen MR) is 75.2 cm³/mol. The molecule has 0 spiro atoms. The molecular weight excluding hydrogens is 276 g/mol. The summed E-state index contributed by atoms with van der Waals surface area (Å²) in [7, 11) is 0. The van der Waals surface area contributed by atoms with Crippen molar-refractivity contribution in [2.24, 2.45) is 0 Å². The Labute approximate surface area is 114 Å². The third-order valence-electron chi connectivity index (χ3n) is 2.33. The van der Waals surface area contributed by atoms with Crippen molar-refractivity contribution in [1.29, 1.82) is 0 Å². The predicted octanol–water partition coefficient (Wildman–Crippen LogP) is 2.31. The monoisotopic (exact) mass is 288 g/mol. The van der Waals surface area contributed by atoms with Gasteiger partial charge in [-0.3, -0.25) is 9.78 Å². The number of carbonyl (C=O) groups is 1. The van der Waals surface area contributed by atoms with Crippen LogP contribution in [-0.4, -0.2) is 39.9 Å². The SMILES string of the molecule is O=C(NCC1CSCCS1)c1cc(Cl)ccn1. The standard InChI is InChI=1S/C11H13ClN2OS2/c12-8-1-2-13-10(5-8)11(15)14-6-9-7-16-3-4-17-9/h1-2,5,9H,3-4,6-7H2,(H,14,15). The quantitative estimate of drug-likeness (QED) is 0.927. The van der Waals surface area contributed by atoms with Crippen molar-refractivity contribution in [3.8, 4) is 0 Å². The van der Waals surface area contributed by atoms with E-state index in [2.05, 4.69) is 10.3 Å². The van der Waals surface area contributed by atoms with Crippen molar-refractivity contribution in [3.63, 3.8) is 0 Å². The average molecular weight is 289 g/mol. The molecule has 17 heavy (non-hydrogen) atoms. The Balaban J connectivity index is 1.84. The van der Waals surface area contributed by atoms with Crippen molar-refractivity contribution in [1.82, 2.24) is 10.3 Å². The Bertz CT molecular complexity index is 397. The number of amides is 1. The zero-order valence-electron chi connectivity index (χ0n) is 9.19. The van der Waals surface area contributed by atoms with Crippen LogP contribution in [0.3, 0.4) is 0 Å². The van der Waals surface area contributed by atoms with Crippen molar-refractivity contribution in [2.45, 2.75) is 5.25 Å². The molecule has 0 bridgehead atoms. The van der Waals surface area contributed by atoms with Crippen LogP contribution < -0.4 is 5.32 Å². The van der Waals surface area contributed by atoms with Crippen LogP contribution in [0, 0.1) is 0 Å². The van der Waals surface area contributed by atoms with E-state index in [4.69, 9.17) is 11.6 Å². The van der Waals surface area contributed by atoms with Crippen LogP contribution in [0.25, 0.3) is 0 Å². The Morgan fingerprint density at radius 1 is 1.59 bits per heavy atom. The van der Waals surface area contributed by atoms with Gasteiger partial charge >= 0.3 is 0 Å². The third-order valence-corrected chi connectivity index (χ3v) is 5.41. The molecule has 0 saturated carbocycles. The van der Waals surface area contributed by atoms with Crippen LogP contribution in [0.5, 0.6) is 0 Å². The Morgan fingerprint density at radius 2 is 2.47 bits per heavy atom. The molecule has 0 aromatic carbocycles. The molecule has 1 saturated heterocycles. The lowest BCUT2D eigenvalue weighted by Gasteiger charge is -2.20. The van der Waals surface area contributed by atoms with Crippen molar-refractivity contribution >= 4 is 41.0 Å². The first-order valence-corrected chi connectivity index (χ1v) is 7.93. The number of hydrogen-bond donors (Lipinski definition) is 1. The molecule has 1 aromatic rings. The summed E-state index contributed by atoms with van der Waals surface area (Å²) in [5, 5.41) is 3.95. The van der Waals surface area contributed by atoms with Gasteiger partial charge < -0.3 is 5.32 Å². The number of aromatic nitrogens is 1. The fourth-order valence-corrected chi connectivity index (χ4v) is 4.25. The molecule has 0 aliphatic carbocycles. The largest absolute Gasteiger partial charge is 0.350 e. The minimum atomic E-state index is -0.149. The third kappa shape index (κ3) is 4.08. The van der Waals surface area contributed by atoms with E-state index in [1.807, 2.05) is 23.5 Å². The number of pyridine rings is 1. The van der Waals surface area contributed by atoms with Gasteiger partial charge in [-0.05, 0) is 12.1 Å². The van der Waals surface area contributed by atoms with Gasteiger partial charge in [0.15, 0.2) is 0 Å². The second-order valence-corrected chi connectivity index (χ2v) is 6.63. The molecule has 1 aromatic heterocycles. The highest BCUT2D eigenvalue weighted by molar-refractivity contribution is 8.06. The summed E-state index contributed by atoms with van der Waals surface area (Å²) >= 11 is 9.68. The Kier molecular flexibility index (Phi) is 5.00. The molecule has 1 atom stereocenters. The molecule has 2 heterocycles. The van der Waals surface area contributed by atoms with Gasteiger partial charge in [0.1, 0.15) is 5.69 Å². The maximum absolute atomic E-state index is 11.8. The summed E-state index contributed by atoms with van der Waals surface area (Å²) < 4.78 is 0. The fraction of sp³-hybridized carbons (Fsp3) is 0.455. The van der Waals surface area contributed by atoms with Gasteiger partial charge in [-0.15, -0.1) is 0 Å². The number of thioether (sulfide) groups is 2. The van der Waals surface area contributed by atoms with Crippen molar-refractivity contribution in [2.75, 3.05) is 23.8 Å². The fourth-order valence-electron chi connectivity index (χ4n) is 1.48. The van der Waals surface area contributed by atoms with E-state index >= 15 is 0 Å². The second-order valence-electron chi connectivity index (χ2n) is 3.64. The van der Waals surface area contributed by atoms with E-state index in [0.717, 1.165) is 5.75 Å². The maximum Gasteiger partial charge on any atom is 0.269 e. The zero-order valence-corrected chi connectivity index (χ0v) is 11.6. The van der Waals surface area contributed by atoms with E-state index < -0.39 is 0 Å². The van der Waals surface area contributed by atoms with Crippen LogP contribution in [0.1, 0.15) is 10.5 Å². The highest BCUT2D eigenvalue weighted by atomic mass is 35.5. The van der Waals surface area contributed by atoms with Gasteiger partial charge in [0.05, 0.1) is 0 Å². The molecule has 0 radical (unpaired) electrons. The highest BCUT2D eigenvalue weighted by Gasteiger charge is 2.16. The molecule has 1 fully saturated rings. The summed E-state index contributed by atoms with van der Waals surface area (Å²) in [5.74, 6) is 3.34. The molecule has 1 aliphatic heterocycles. The second kappa shape index (κ2) is 6.52. The molecule has 3 nitrogen and oxygen atoms in total. The number of hydrogen-bond acceptors (Lipinski definition) is 4. The molecule has 1 unspecified atom stereocenters. The van der Waals surface area contributed by atoms with Gasteiger partial charge in [-0.1, -0.05) is 11.6 Å². The molecule has 1 aliphatic rings. The van der Waals surface area contributed by atoms with Crippen molar-refractivity contribution in [3.05, 3.63) is 29.0 Å². The molecule has 1 N–H and O–H groups in total. The Morgan fingerprint density at radius 3 is 3.18 bits per heavy atom. The van der Waals surface area contributed by atoms with E-state index in [0.29, 0.717) is 22.5 Å². The van der Waals surface area contributed by atoms with Crippen LogP contribution in [0.2, 0.25) is 5.02 Å². The lowest BCUT2D eigenvalue weighted by Crippen LogP contribution is -2.33. The number of rotatable bonds is 3. The van der Waals surface area contributed by atoms with Crippen LogP contribution in [0.15, 0.2) is 18.3 Å². The minimum absolute atomic E-state index is 0.149. The Hall–Kier alpha value is -0.390. The first kappa shape index (κ1) is 13.1. The molecular formula is C11H13ClN2OS2. The summed E-state index contributed by atoms with van der Waals surface area (Å²) in [6, 6.07) is 3.24. The minimum Gasteiger partial charge on any atom is -0.350 e. The highest BCUT2D eigenvalue weighted by Crippen LogP contribution is 2.23.